The first kappa shape index (κ1) is 16.2. The van der Waals surface area contributed by atoms with Gasteiger partial charge in [0, 0.05) is 0 Å². The molecule has 0 unspecified atom stereocenters. The first-order chi connectivity index (χ1) is 10.4. The molecule has 0 saturated heterocycles. The smallest absolute Gasteiger partial charge is 0.235 e. The Morgan fingerprint density at radius 3 is 2.55 bits per heavy atom. The minimum Gasteiger partial charge on any atom is -0.467 e. The van der Waals surface area contributed by atoms with E-state index in [2.05, 4.69) is 10.0 Å². The van der Waals surface area contributed by atoms with Gasteiger partial charge in [-0.1, -0.05) is 12.1 Å². The van der Waals surface area contributed by atoms with Crippen LogP contribution in [0.1, 0.15) is 11.3 Å². The largest absolute Gasteiger partial charge is 0.467 e. The molecule has 2 N–H and O–H groups in total. The van der Waals surface area contributed by atoms with Crippen LogP contribution in [0.4, 0.5) is 4.39 Å². The molecule has 1 heterocycles. The molecular formula is C14H15FN2O4S. The molecule has 0 bridgehead atoms. The number of benzene rings is 1. The van der Waals surface area contributed by atoms with Crippen LogP contribution in [0.3, 0.4) is 0 Å². The van der Waals surface area contributed by atoms with E-state index in [9.17, 15) is 17.6 Å². The summed E-state index contributed by atoms with van der Waals surface area (Å²) in [6.07, 6.45) is 1.48. The molecular weight excluding hydrogens is 311 g/mol. The summed E-state index contributed by atoms with van der Waals surface area (Å²) in [4.78, 5) is 11.6. The van der Waals surface area contributed by atoms with Crippen LogP contribution in [0.2, 0.25) is 0 Å². The molecule has 0 saturated carbocycles. The monoisotopic (exact) mass is 326 g/mol. The maximum absolute atomic E-state index is 12.7. The van der Waals surface area contributed by atoms with E-state index in [4.69, 9.17) is 4.42 Å². The number of hydrogen-bond acceptors (Lipinski definition) is 4. The summed E-state index contributed by atoms with van der Waals surface area (Å²) in [5, 5.41) is 2.52. The van der Waals surface area contributed by atoms with Crippen molar-refractivity contribution in [2.24, 2.45) is 0 Å². The van der Waals surface area contributed by atoms with E-state index in [1.807, 2.05) is 0 Å². The van der Waals surface area contributed by atoms with Crippen LogP contribution in [-0.2, 0) is 27.1 Å². The van der Waals surface area contributed by atoms with Crippen LogP contribution in [0.15, 0.2) is 47.1 Å². The van der Waals surface area contributed by atoms with Crippen molar-refractivity contribution in [2.75, 3.05) is 6.54 Å². The molecule has 0 fully saturated rings. The summed E-state index contributed by atoms with van der Waals surface area (Å²) in [7, 11) is -3.67. The lowest BCUT2D eigenvalue weighted by Gasteiger charge is -2.07. The Balaban J connectivity index is 1.79. The zero-order valence-electron chi connectivity index (χ0n) is 11.6. The highest BCUT2D eigenvalue weighted by Crippen LogP contribution is 2.06. The van der Waals surface area contributed by atoms with E-state index >= 15 is 0 Å². The average Bonchev–Trinajstić information content (AvgIpc) is 2.99. The first-order valence-electron chi connectivity index (χ1n) is 6.45. The van der Waals surface area contributed by atoms with Crippen LogP contribution in [0, 0.1) is 5.82 Å². The molecule has 2 aromatic rings. The number of sulfonamides is 1. The zero-order chi connectivity index (χ0) is 16.0. The summed E-state index contributed by atoms with van der Waals surface area (Å²) >= 11 is 0. The predicted molar refractivity (Wildman–Crippen MR) is 77.6 cm³/mol. The van der Waals surface area contributed by atoms with Crippen molar-refractivity contribution in [1.29, 1.82) is 0 Å². The van der Waals surface area contributed by atoms with E-state index in [1.165, 1.54) is 30.5 Å². The van der Waals surface area contributed by atoms with Gasteiger partial charge in [-0.3, -0.25) is 4.79 Å². The molecule has 22 heavy (non-hydrogen) atoms. The van der Waals surface area contributed by atoms with Gasteiger partial charge in [0.2, 0.25) is 15.9 Å². The SMILES string of the molecule is O=C(CNS(=O)(=O)Cc1ccc(F)cc1)NCc1ccco1. The fourth-order valence-corrected chi connectivity index (χ4v) is 2.77. The third kappa shape index (κ3) is 5.30. The lowest BCUT2D eigenvalue weighted by atomic mass is 10.2. The molecule has 0 radical (unpaired) electrons. The highest BCUT2D eigenvalue weighted by atomic mass is 32.2. The summed E-state index contributed by atoms with van der Waals surface area (Å²) in [6, 6.07) is 8.50. The number of furan rings is 1. The lowest BCUT2D eigenvalue weighted by Crippen LogP contribution is -2.37. The minimum absolute atomic E-state index is 0.186. The molecule has 118 valence electrons. The predicted octanol–water partition coefficient (Wildman–Crippen LogP) is 1.15. The van der Waals surface area contributed by atoms with Crippen molar-refractivity contribution in [1.82, 2.24) is 10.0 Å². The van der Waals surface area contributed by atoms with Crippen LogP contribution >= 0.6 is 0 Å². The first-order valence-corrected chi connectivity index (χ1v) is 8.11. The number of amides is 1. The number of rotatable bonds is 7. The summed E-state index contributed by atoms with van der Waals surface area (Å²) < 4.78 is 43.6. The quantitative estimate of drug-likeness (QED) is 0.799. The van der Waals surface area contributed by atoms with E-state index in [0.29, 0.717) is 11.3 Å². The van der Waals surface area contributed by atoms with Crippen molar-refractivity contribution in [2.45, 2.75) is 12.3 Å². The van der Waals surface area contributed by atoms with Gasteiger partial charge in [0.15, 0.2) is 0 Å². The zero-order valence-corrected chi connectivity index (χ0v) is 12.4. The Hall–Kier alpha value is -2.19. The fraction of sp³-hybridized carbons (Fsp3) is 0.214. The number of carbonyl (C=O) groups is 1. The van der Waals surface area contributed by atoms with Crippen LogP contribution in [-0.4, -0.2) is 20.9 Å². The molecule has 2 rings (SSSR count). The maximum atomic E-state index is 12.7. The van der Waals surface area contributed by atoms with Gasteiger partial charge in [0.1, 0.15) is 11.6 Å². The van der Waals surface area contributed by atoms with E-state index in [-0.39, 0.29) is 18.8 Å². The van der Waals surface area contributed by atoms with Gasteiger partial charge in [-0.15, -0.1) is 0 Å². The van der Waals surface area contributed by atoms with Gasteiger partial charge in [-0.05, 0) is 29.8 Å². The minimum atomic E-state index is -3.67. The van der Waals surface area contributed by atoms with Crippen molar-refractivity contribution >= 4 is 15.9 Å². The van der Waals surface area contributed by atoms with E-state index in [1.54, 1.807) is 12.1 Å². The van der Waals surface area contributed by atoms with Crippen LogP contribution in [0.5, 0.6) is 0 Å². The van der Waals surface area contributed by atoms with Gasteiger partial charge in [0.05, 0.1) is 25.1 Å². The normalized spacial score (nSPS) is 11.3. The van der Waals surface area contributed by atoms with Crippen molar-refractivity contribution in [3.63, 3.8) is 0 Å². The number of halogens is 1. The number of hydrogen-bond donors (Lipinski definition) is 2. The Morgan fingerprint density at radius 2 is 1.91 bits per heavy atom. The number of carbonyl (C=O) groups excluding carboxylic acids is 1. The summed E-state index contributed by atoms with van der Waals surface area (Å²) in [5.41, 5.74) is 0.435. The second kappa shape index (κ2) is 7.19. The Bertz CT molecular complexity index is 712. The average molecular weight is 326 g/mol. The number of nitrogens with one attached hydrogen (secondary N) is 2. The van der Waals surface area contributed by atoms with Gasteiger partial charge < -0.3 is 9.73 Å². The van der Waals surface area contributed by atoms with Crippen molar-refractivity contribution in [3.05, 3.63) is 59.8 Å². The molecule has 0 aliphatic heterocycles. The van der Waals surface area contributed by atoms with Gasteiger partial charge in [-0.2, -0.15) is 0 Å². The molecule has 6 nitrogen and oxygen atoms in total. The fourth-order valence-electron chi connectivity index (χ4n) is 1.69. The molecule has 8 heteroatoms. The summed E-state index contributed by atoms with van der Waals surface area (Å²) in [6.45, 7) is -0.185. The van der Waals surface area contributed by atoms with Gasteiger partial charge in [-0.25, -0.2) is 17.5 Å². The lowest BCUT2D eigenvalue weighted by molar-refractivity contribution is -0.120. The van der Waals surface area contributed by atoms with E-state index < -0.39 is 21.7 Å². The molecule has 1 amide bonds. The Kier molecular flexibility index (Phi) is 5.29. The van der Waals surface area contributed by atoms with Gasteiger partial charge >= 0.3 is 0 Å². The Labute approximate surface area is 127 Å². The second-order valence-corrected chi connectivity index (χ2v) is 6.37. The third-order valence-corrected chi connectivity index (χ3v) is 4.06. The van der Waals surface area contributed by atoms with Gasteiger partial charge in [0.25, 0.3) is 0 Å². The molecule has 0 aliphatic rings. The molecule has 0 atom stereocenters. The highest BCUT2D eigenvalue weighted by Gasteiger charge is 2.13. The maximum Gasteiger partial charge on any atom is 0.235 e. The molecule has 1 aromatic heterocycles. The van der Waals surface area contributed by atoms with E-state index in [0.717, 1.165) is 0 Å². The molecule has 1 aromatic carbocycles. The van der Waals surface area contributed by atoms with Crippen LogP contribution in [0.25, 0.3) is 0 Å². The van der Waals surface area contributed by atoms with Crippen molar-refractivity contribution in [3.8, 4) is 0 Å². The topological polar surface area (TPSA) is 88.4 Å². The third-order valence-electron chi connectivity index (χ3n) is 2.76. The van der Waals surface area contributed by atoms with Crippen LogP contribution < -0.4 is 10.0 Å². The highest BCUT2D eigenvalue weighted by molar-refractivity contribution is 7.88. The van der Waals surface area contributed by atoms with Crippen molar-refractivity contribution < 1.29 is 22.0 Å². The second-order valence-electron chi connectivity index (χ2n) is 4.56. The molecule has 0 spiro atoms. The molecule has 0 aliphatic carbocycles. The Morgan fingerprint density at radius 1 is 1.18 bits per heavy atom. The summed E-state index contributed by atoms with van der Waals surface area (Å²) in [5.74, 6) is -0.660. The standard InChI is InChI=1S/C14H15FN2O4S/c15-12-5-3-11(4-6-12)10-22(19,20)17-9-14(18)16-8-13-2-1-7-21-13/h1-7,17H,8-10H2,(H,16,18).